The van der Waals surface area contributed by atoms with Crippen molar-refractivity contribution in [1.29, 1.82) is 0 Å². The number of anilines is 1. The van der Waals surface area contributed by atoms with E-state index in [4.69, 9.17) is 19.5 Å². The molecule has 0 bridgehead atoms. The number of rotatable bonds is 5. The first-order valence-corrected chi connectivity index (χ1v) is 11.7. The van der Waals surface area contributed by atoms with Crippen LogP contribution in [0.1, 0.15) is 37.0 Å². The Hall–Kier alpha value is -4.06. The summed E-state index contributed by atoms with van der Waals surface area (Å²) in [6.45, 7) is 6.22. The van der Waals surface area contributed by atoms with Gasteiger partial charge >= 0.3 is 0 Å². The molecule has 3 heterocycles. The Bertz CT molecular complexity index is 1450. The SMILES string of the molecule is CCN(CC)c1ccc2c(c1)OC1=N[C@H](c3ccc(OC)cc3)n3c(nc4ccccc43)C1=C2. The van der Waals surface area contributed by atoms with Crippen LogP contribution in [0.5, 0.6) is 11.5 Å². The predicted molar refractivity (Wildman–Crippen MR) is 137 cm³/mol. The Morgan fingerprint density at radius 2 is 1.79 bits per heavy atom. The molecule has 0 unspecified atom stereocenters. The molecule has 170 valence electrons. The van der Waals surface area contributed by atoms with Crippen molar-refractivity contribution in [2.24, 2.45) is 4.99 Å². The molecule has 0 radical (unpaired) electrons. The zero-order valence-electron chi connectivity index (χ0n) is 19.5. The topological polar surface area (TPSA) is 51.9 Å². The van der Waals surface area contributed by atoms with Gasteiger partial charge in [0.2, 0.25) is 5.90 Å². The van der Waals surface area contributed by atoms with Gasteiger partial charge in [-0.15, -0.1) is 0 Å². The van der Waals surface area contributed by atoms with E-state index in [-0.39, 0.29) is 6.17 Å². The lowest BCUT2D eigenvalue weighted by atomic mass is 10.0. The Morgan fingerprint density at radius 1 is 1.00 bits per heavy atom. The second-order valence-corrected chi connectivity index (χ2v) is 8.43. The van der Waals surface area contributed by atoms with E-state index < -0.39 is 0 Å². The van der Waals surface area contributed by atoms with Gasteiger partial charge in [-0.05, 0) is 61.9 Å². The number of methoxy groups -OCH3 is 1. The molecule has 3 aromatic carbocycles. The molecule has 0 saturated carbocycles. The number of hydrogen-bond donors (Lipinski definition) is 0. The highest BCUT2D eigenvalue weighted by Crippen LogP contribution is 2.41. The van der Waals surface area contributed by atoms with Crippen LogP contribution < -0.4 is 14.4 Å². The van der Waals surface area contributed by atoms with Crippen molar-refractivity contribution in [3.8, 4) is 11.5 Å². The second kappa shape index (κ2) is 8.06. The molecule has 34 heavy (non-hydrogen) atoms. The molecule has 0 fully saturated rings. The first-order valence-electron chi connectivity index (χ1n) is 11.7. The van der Waals surface area contributed by atoms with Crippen LogP contribution in [0, 0.1) is 0 Å². The van der Waals surface area contributed by atoms with Gasteiger partial charge in [0.1, 0.15) is 17.3 Å². The van der Waals surface area contributed by atoms with Gasteiger partial charge in [0, 0.05) is 30.4 Å². The van der Waals surface area contributed by atoms with E-state index in [1.807, 2.05) is 30.3 Å². The first kappa shape index (κ1) is 20.5. The summed E-state index contributed by atoms with van der Waals surface area (Å²) in [5.74, 6) is 3.11. The standard InChI is InChI=1S/C28H26N4O2/c1-4-31(5-2)20-13-10-19-16-22-27-29-23-8-6-7-9-24(23)32(27)26(30-28(22)34-25(19)17-20)18-11-14-21(33-3)15-12-18/h6-17,26H,4-5H2,1-3H3/t26-/m0/s1. The van der Waals surface area contributed by atoms with E-state index in [9.17, 15) is 0 Å². The normalized spacial score (nSPS) is 16.0. The smallest absolute Gasteiger partial charge is 0.228 e. The Labute approximate surface area is 198 Å². The fourth-order valence-electron chi connectivity index (χ4n) is 4.80. The fourth-order valence-corrected chi connectivity index (χ4v) is 4.80. The van der Waals surface area contributed by atoms with Gasteiger partial charge in [-0.25, -0.2) is 9.98 Å². The molecule has 0 spiro atoms. The van der Waals surface area contributed by atoms with Gasteiger partial charge < -0.3 is 14.4 Å². The monoisotopic (exact) mass is 450 g/mol. The zero-order valence-corrected chi connectivity index (χ0v) is 19.5. The molecule has 0 saturated heterocycles. The van der Waals surface area contributed by atoms with Gasteiger partial charge in [-0.2, -0.15) is 0 Å². The Balaban J connectivity index is 1.53. The van der Waals surface area contributed by atoms with Crippen LogP contribution in [-0.2, 0) is 0 Å². The molecule has 1 aromatic heterocycles. The summed E-state index contributed by atoms with van der Waals surface area (Å²) < 4.78 is 14.0. The number of nitrogens with zero attached hydrogens (tertiary/aromatic N) is 4. The van der Waals surface area contributed by atoms with E-state index in [1.54, 1.807) is 7.11 Å². The summed E-state index contributed by atoms with van der Waals surface area (Å²) in [6.07, 6.45) is 1.86. The summed E-state index contributed by atoms with van der Waals surface area (Å²) in [6, 6.07) is 22.6. The molecule has 6 rings (SSSR count). The number of benzene rings is 3. The lowest BCUT2D eigenvalue weighted by Crippen LogP contribution is -2.27. The van der Waals surface area contributed by atoms with E-state index in [1.165, 1.54) is 0 Å². The average Bonchev–Trinajstić information content (AvgIpc) is 3.28. The van der Waals surface area contributed by atoms with Gasteiger partial charge in [0.15, 0.2) is 6.17 Å². The first-order chi connectivity index (χ1) is 16.7. The minimum Gasteiger partial charge on any atom is -0.497 e. The van der Waals surface area contributed by atoms with Crippen LogP contribution >= 0.6 is 0 Å². The van der Waals surface area contributed by atoms with Crippen LogP contribution in [0.25, 0.3) is 22.7 Å². The molecule has 0 aliphatic carbocycles. The van der Waals surface area contributed by atoms with Crippen LogP contribution in [0.2, 0.25) is 0 Å². The molecular formula is C28H26N4O2. The van der Waals surface area contributed by atoms with Crippen molar-refractivity contribution in [2.75, 3.05) is 25.1 Å². The fraction of sp³-hybridized carbons (Fsp3) is 0.214. The molecule has 1 atom stereocenters. The van der Waals surface area contributed by atoms with Gasteiger partial charge in [0.05, 0.1) is 23.7 Å². The number of imidazole rings is 1. The van der Waals surface area contributed by atoms with Crippen molar-refractivity contribution in [3.63, 3.8) is 0 Å². The molecule has 6 heteroatoms. The van der Waals surface area contributed by atoms with Crippen LogP contribution in [0.4, 0.5) is 5.69 Å². The molecule has 0 amide bonds. The second-order valence-electron chi connectivity index (χ2n) is 8.43. The molecule has 6 nitrogen and oxygen atoms in total. The van der Waals surface area contributed by atoms with Crippen molar-refractivity contribution in [1.82, 2.24) is 9.55 Å². The highest BCUT2D eigenvalue weighted by Gasteiger charge is 2.33. The van der Waals surface area contributed by atoms with E-state index >= 15 is 0 Å². The van der Waals surface area contributed by atoms with Gasteiger partial charge in [-0.3, -0.25) is 4.57 Å². The summed E-state index contributed by atoms with van der Waals surface area (Å²) in [7, 11) is 1.67. The maximum absolute atomic E-state index is 6.44. The maximum atomic E-state index is 6.44. The number of para-hydroxylation sites is 2. The summed E-state index contributed by atoms with van der Waals surface area (Å²) in [5.41, 5.74) is 6.12. The average molecular weight is 451 g/mol. The molecule has 4 aromatic rings. The summed E-state index contributed by atoms with van der Waals surface area (Å²) >= 11 is 0. The predicted octanol–water partition coefficient (Wildman–Crippen LogP) is 5.78. The van der Waals surface area contributed by atoms with Gasteiger partial charge in [-0.1, -0.05) is 24.3 Å². The number of hydrogen-bond acceptors (Lipinski definition) is 5. The molecule has 0 N–H and O–H groups in total. The maximum Gasteiger partial charge on any atom is 0.228 e. The number of aliphatic imine (C=N–C) groups is 1. The van der Waals surface area contributed by atoms with E-state index in [0.29, 0.717) is 5.90 Å². The minimum atomic E-state index is -0.284. The molecule has 2 aliphatic heterocycles. The highest BCUT2D eigenvalue weighted by atomic mass is 16.5. The third kappa shape index (κ3) is 3.17. The van der Waals surface area contributed by atoms with Crippen molar-refractivity contribution in [2.45, 2.75) is 20.0 Å². The minimum absolute atomic E-state index is 0.284. The molecule has 2 aliphatic rings. The van der Waals surface area contributed by atoms with Crippen molar-refractivity contribution >= 4 is 34.3 Å². The largest absolute Gasteiger partial charge is 0.497 e. The number of fused-ring (bicyclic) bond motifs is 6. The van der Waals surface area contributed by atoms with Crippen LogP contribution in [0.3, 0.4) is 0 Å². The zero-order chi connectivity index (χ0) is 23.2. The highest BCUT2D eigenvalue weighted by molar-refractivity contribution is 6.26. The Morgan fingerprint density at radius 3 is 2.56 bits per heavy atom. The molecular weight excluding hydrogens is 424 g/mol. The van der Waals surface area contributed by atoms with Crippen molar-refractivity contribution < 1.29 is 9.47 Å². The van der Waals surface area contributed by atoms with Crippen molar-refractivity contribution in [3.05, 3.63) is 83.7 Å². The summed E-state index contributed by atoms with van der Waals surface area (Å²) in [5, 5.41) is 0. The summed E-state index contributed by atoms with van der Waals surface area (Å²) in [4.78, 5) is 12.4. The lowest BCUT2D eigenvalue weighted by molar-refractivity contribution is 0.414. The van der Waals surface area contributed by atoms with Crippen LogP contribution in [0.15, 0.2) is 71.7 Å². The van der Waals surface area contributed by atoms with E-state index in [0.717, 1.165) is 63.8 Å². The number of aromatic nitrogens is 2. The van der Waals surface area contributed by atoms with Gasteiger partial charge in [0.25, 0.3) is 0 Å². The third-order valence-electron chi connectivity index (χ3n) is 6.60. The Kier molecular flexibility index (Phi) is 4.87. The third-order valence-corrected chi connectivity index (χ3v) is 6.60. The van der Waals surface area contributed by atoms with E-state index in [2.05, 4.69) is 65.8 Å². The lowest BCUT2D eigenvalue weighted by Gasteiger charge is -2.29. The number of ether oxygens (including phenoxy) is 2. The quantitative estimate of drug-likeness (QED) is 0.387. The van der Waals surface area contributed by atoms with Crippen LogP contribution in [-0.4, -0.2) is 35.6 Å².